The fraction of sp³-hybridized carbons (Fsp3) is 0.312. The topological polar surface area (TPSA) is 85.1 Å². The van der Waals surface area contributed by atoms with Gasteiger partial charge in [0.2, 0.25) is 5.91 Å². The number of hydrogen-bond acceptors (Lipinski definition) is 5. The van der Waals surface area contributed by atoms with Crippen molar-refractivity contribution in [1.29, 1.82) is 0 Å². The average molecular weight is 349 g/mol. The first-order valence-electron chi connectivity index (χ1n) is 7.26. The van der Waals surface area contributed by atoms with Crippen LogP contribution in [0.5, 0.6) is 0 Å². The van der Waals surface area contributed by atoms with Gasteiger partial charge in [0.25, 0.3) is 5.91 Å². The molecule has 7 heteroatoms. The number of thioether (sulfide) groups is 1. The first-order valence-corrected chi connectivity index (χ1v) is 8.96. The van der Waals surface area contributed by atoms with E-state index in [0.29, 0.717) is 22.1 Å². The maximum Gasteiger partial charge on any atom is 0.260 e. The number of amides is 2. The normalized spacial score (nSPS) is 11.9. The second kappa shape index (κ2) is 8.12. The average Bonchev–Trinajstić information content (AvgIpc) is 2.92. The van der Waals surface area contributed by atoms with Crippen molar-refractivity contribution >= 4 is 34.9 Å². The molecule has 0 aliphatic carbocycles. The van der Waals surface area contributed by atoms with Gasteiger partial charge in [-0.3, -0.25) is 9.59 Å². The fourth-order valence-electron chi connectivity index (χ4n) is 2.02. The lowest BCUT2D eigenvalue weighted by Crippen LogP contribution is -2.31. The van der Waals surface area contributed by atoms with Gasteiger partial charge in [-0.25, -0.2) is 4.98 Å². The number of carbonyl (C=O) groups excluding carboxylic acids is 2. The van der Waals surface area contributed by atoms with Crippen LogP contribution in [-0.2, 0) is 11.3 Å². The van der Waals surface area contributed by atoms with E-state index in [1.807, 2.05) is 37.3 Å². The van der Waals surface area contributed by atoms with Gasteiger partial charge in [0.1, 0.15) is 9.88 Å². The number of nitrogens with zero attached hydrogens (tertiary/aromatic N) is 1. The zero-order valence-corrected chi connectivity index (χ0v) is 14.7. The van der Waals surface area contributed by atoms with E-state index in [1.165, 1.54) is 11.3 Å². The zero-order valence-electron chi connectivity index (χ0n) is 13.0. The van der Waals surface area contributed by atoms with Gasteiger partial charge in [-0.1, -0.05) is 25.1 Å². The fourth-order valence-corrected chi connectivity index (χ4v) is 3.87. The summed E-state index contributed by atoms with van der Waals surface area (Å²) in [4.78, 5) is 29.3. The quantitative estimate of drug-likeness (QED) is 0.753. The Morgan fingerprint density at radius 2 is 2.04 bits per heavy atom. The second-order valence-corrected chi connectivity index (χ2v) is 7.29. The maximum atomic E-state index is 12.3. The number of rotatable bonds is 7. The minimum atomic E-state index is -0.483. The van der Waals surface area contributed by atoms with Crippen molar-refractivity contribution in [3.8, 4) is 0 Å². The summed E-state index contributed by atoms with van der Waals surface area (Å²) < 4.78 is 0. The molecule has 1 heterocycles. The molecule has 0 aliphatic heterocycles. The summed E-state index contributed by atoms with van der Waals surface area (Å²) >= 11 is 2.77. The van der Waals surface area contributed by atoms with Crippen molar-refractivity contribution in [2.45, 2.75) is 37.0 Å². The van der Waals surface area contributed by atoms with Gasteiger partial charge in [-0.2, -0.15) is 0 Å². The molecule has 1 aromatic carbocycles. The first kappa shape index (κ1) is 17.5. The highest BCUT2D eigenvalue weighted by Gasteiger charge is 2.19. The molecule has 5 nitrogen and oxygen atoms in total. The summed E-state index contributed by atoms with van der Waals surface area (Å²) in [5, 5.41) is 3.41. The lowest BCUT2D eigenvalue weighted by atomic mass is 10.3. The van der Waals surface area contributed by atoms with E-state index in [-0.39, 0.29) is 11.2 Å². The van der Waals surface area contributed by atoms with Gasteiger partial charge in [-0.05, 0) is 25.5 Å². The van der Waals surface area contributed by atoms with Gasteiger partial charge in [-0.15, -0.1) is 23.1 Å². The van der Waals surface area contributed by atoms with Gasteiger partial charge in [0, 0.05) is 4.90 Å². The van der Waals surface area contributed by atoms with Crippen molar-refractivity contribution in [2.75, 3.05) is 0 Å². The van der Waals surface area contributed by atoms with Crippen LogP contribution in [-0.4, -0.2) is 22.0 Å². The molecule has 0 saturated heterocycles. The minimum Gasteiger partial charge on any atom is -0.365 e. The highest BCUT2D eigenvalue weighted by Crippen LogP contribution is 2.25. The Morgan fingerprint density at radius 1 is 1.35 bits per heavy atom. The van der Waals surface area contributed by atoms with Crippen molar-refractivity contribution in [2.24, 2.45) is 5.73 Å². The number of aryl methyl sites for hydroxylation is 1. The van der Waals surface area contributed by atoms with Crippen molar-refractivity contribution in [3.05, 3.63) is 45.9 Å². The van der Waals surface area contributed by atoms with E-state index in [1.54, 1.807) is 18.7 Å². The Morgan fingerprint density at radius 3 is 2.61 bits per heavy atom. The number of aromatic nitrogens is 1. The summed E-state index contributed by atoms with van der Waals surface area (Å²) in [6.45, 7) is 4.03. The molecule has 2 aromatic rings. The maximum absolute atomic E-state index is 12.3. The molecule has 122 valence electrons. The van der Waals surface area contributed by atoms with E-state index in [0.717, 1.165) is 11.3 Å². The molecule has 1 unspecified atom stereocenters. The predicted octanol–water partition coefficient (Wildman–Crippen LogP) is 2.74. The SMILES string of the molecule is CCC(Sc1ccccc1)C(=O)NCc1nc(C)c(C(N)=O)s1. The second-order valence-electron chi connectivity index (χ2n) is 4.93. The van der Waals surface area contributed by atoms with Crippen LogP contribution in [0.4, 0.5) is 0 Å². The summed E-state index contributed by atoms with van der Waals surface area (Å²) in [6, 6.07) is 9.84. The van der Waals surface area contributed by atoms with Crippen molar-refractivity contribution in [1.82, 2.24) is 10.3 Å². The van der Waals surface area contributed by atoms with Crippen LogP contribution in [0.2, 0.25) is 0 Å². The van der Waals surface area contributed by atoms with Crippen LogP contribution in [0, 0.1) is 6.92 Å². The third-order valence-corrected chi connectivity index (χ3v) is 5.71. The molecule has 2 amide bonds. The summed E-state index contributed by atoms with van der Waals surface area (Å²) in [5.41, 5.74) is 5.89. The Bertz CT molecular complexity index is 686. The molecule has 0 bridgehead atoms. The molecule has 1 atom stereocenters. The lowest BCUT2D eigenvalue weighted by molar-refractivity contribution is -0.120. The molecule has 1 aromatic heterocycles. The summed E-state index contributed by atoms with van der Waals surface area (Å²) in [6.07, 6.45) is 0.731. The lowest BCUT2D eigenvalue weighted by Gasteiger charge is -2.14. The van der Waals surface area contributed by atoms with Gasteiger partial charge < -0.3 is 11.1 Å². The first-order chi connectivity index (χ1) is 11.0. The number of primary amides is 1. The number of thiazole rings is 1. The van der Waals surface area contributed by atoms with Crippen LogP contribution in [0.3, 0.4) is 0 Å². The van der Waals surface area contributed by atoms with Crippen LogP contribution in [0.1, 0.15) is 33.7 Å². The largest absolute Gasteiger partial charge is 0.365 e. The predicted molar refractivity (Wildman–Crippen MR) is 93.6 cm³/mol. The molecule has 23 heavy (non-hydrogen) atoms. The molecule has 3 N–H and O–H groups in total. The zero-order chi connectivity index (χ0) is 16.8. The van der Waals surface area contributed by atoms with Gasteiger partial charge in [0.15, 0.2) is 0 Å². The summed E-state index contributed by atoms with van der Waals surface area (Å²) in [5.74, 6) is -0.515. The third-order valence-electron chi connectivity index (χ3n) is 3.16. The number of nitrogens with two attached hydrogens (primary N) is 1. The molecule has 0 spiro atoms. The Balaban J connectivity index is 1.94. The Kier molecular flexibility index (Phi) is 6.18. The molecular weight excluding hydrogens is 330 g/mol. The van der Waals surface area contributed by atoms with Crippen LogP contribution >= 0.6 is 23.1 Å². The van der Waals surface area contributed by atoms with E-state index in [9.17, 15) is 9.59 Å². The smallest absolute Gasteiger partial charge is 0.260 e. The van der Waals surface area contributed by atoms with Gasteiger partial charge in [0.05, 0.1) is 17.5 Å². The van der Waals surface area contributed by atoms with Crippen LogP contribution in [0.25, 0.3) is 0 Å². The number of benzene rings is 1. The Hall–Kier alpha value is -1.86. The molecular formula is C16H19N3O2S2. The van der Waals surface area contributed by atoms with Crippen LogP contribution < -0.4 is 11.1 Å². The Labute approximate surface area is 143 Å². The van der Waals surface area contributed by atoms with E-state index in [4.69, 9.17) is 5.73 Å². The third kappa shape index (κ3) is 4.80. The van der Waals surface area contributed by atoms with Crippen molar-refractivity contribution in [3.63, 3.8) is 0 Å². The van der Waals surface area contributed by atoms with Crippen LogP contribution in [0.15, 0.2) is 35.2 Å². The van der Waals surface area contributed by atoms with E-state index >= 15 is 0 Å². The minimum absolute atomic E-state index is 0.0326. The number of carbonyl (C=O) groups is 2. The molecule has 0 aliphatic rings. The highest BCUT2D eigenvalue weighted by molar-refractivity contribution is 8.00. The molecule has 2 rings (SSSR count). The standard InChI is InChI=1S/C16H19N3O2S2/c1-3-12(22-11-7-5-4-6-8-11)16(21)18-9-13-19-10(2)14(23-13)15(17)20/h4-8,12H,3,9H2,1-2H3,(H2,17,20)(H,18,21). The molecule has 0 fully saturated rings. The van der Waals surface area contributed by atoms with Crippen molar-refractivity contribution < 1.29 is 9.59 Å². The summed E-state index contributed by atoms with van der Waals surface area (Å²) in [7, 11) is 0. The van der Waals surface area contributed by atoms with E-state index < -0.39 is 5.91 Å². The molecule has 0 radical (unpaired) electrons. The molecule has 0 saturated carbocycles. The monoisotopic (exact) mass is 349 g/mol. The highest BCUT2D eigenvalue weighted by atomic mass is 32.2. The number of nitrogens with one attached hydrogen (secondary N) is 1. The van der Waals surface area contributed by atoms with E-state index in [2.05, 4.69) is 10.3 Å². The number of hydrogen-bond donors (Lipinski definition) is 2. The van der Waals surface area contributed by atoms with Gasteiger partial charge >= 0.3 is 0 Å².